The number of hydrogen-bond donors (Lipinski definition) is 2. The molecule has 0 bridgehead atoms. The number of sulfonamides is 1. The molecule has 0 aromatic carbocycles. The maximum atomic E-state index is 11.6. The molecule has 1 atom stereocenters. The summed E-state index contributed by atoms with van der Waals surface area (Å²) in [6, 6.07) is 1.13. The van der Waals surface area contributed by atoms with E-state index in [4.69, 9.17) is 14.6 Å². The van der Waals surface area contributed by atoms with Crippen LogP contribution in [0.3, 0.4) is 0 Å². The number of ether oxygens (including phenoxy) is 2. The second kappa shape index (κ2) is 5.98. The molecule has 0 fully saturated rings. The molecule has 1 heterocycles. The van der Waals surface area contributed by atoms with Crippen molar-refractivity contribution in [1.29, 1.82) is 0 Å². The summed E-state index contributed by atoms with van der Waals surface area (Å²) in [5.41, 5.74) is 0.0300. The van der Waals surface area contributed by atoms with E-state index in [-0.39, 0.29) is 17.2 Å². The van der Waals surface area contributed by atoms with Crippen molar-refractivity contribution in [3.05, 3.63) is 18.0 Å². The molecular formula is C10H16N2O5S. The summed E-state index contributed by atoms with van der Waals surface area (Å²) in [6.07, 6.45) is 0.720. The number of aromatic amines is 1. The maximum absolute atomic E-state index is 11.6. The molecule has 8 heteroatoms. The zero-order valence-electron chi connectivity index (χ0n) is 10.2. The number of rotatable bonds is 6. The second-order valence-corrected chi connectivity index (χ2v) is 5.23. The lowest BCUT2D eigenvalue weighted by molar-refractivity contribution is 0.00393. The number of H-pyrrole nitrogens is 1. The average molecular weight is 276 g/mol. The zero-order chi connectivity index (χ0) is 13.8. The number of aromatic nitrogens is 1. The molecule has 0 amide bonds. The molecule has 0 saturated heterocycles. The third-order valence-electron chi connectivity index (χ3n) is 2.07. The van der Waals surface area contributed by atoms with Crippen LogP contribution in [0.1, 0.15) is 24.3 Å². The largest absolute Gasteiger partial charge is 0.456 e. The first kappa shape index (κ1) is 14.7. The van der Waals surface area contributed by atoms with Crippen molar-refractivity contribution in [2.45, 2.75) is 24.8 Å². The highest BCUT2D eigenvalue weighted by Crippen LogP contribution is 2.10. The van der Waals surface area contributed by atoms with Crippen molar-refractivity contribution in [2.24, 2.45) is 5.14 Å². The monoisotopic (exact) mass is 276 g/mol. The molecule has 1 aromatic rings. The fourth-order valence-corrected chi connectivity index (χ4v) is 1.73. The Labute approximate surface area is 105 Å². The van der Waals surface area contributed by atoms with Gasteiger partial charge in [0.15, 0.2) is 0 Å². The summed E-state index contributed by atoms with van der Waals surface area (Å²) in [5.74, 6) is -0.655. The Balaban J connectivity index is 2.65. The molecule has 0 radical (unpaired) electrons. The maximum Gasteiger partial charge on any atom is 0.355 e. The van der Waals surface area contributed by atoms with E-state index in [1.807, 2.05) is 6.92 Å². The Kier molecular flexibility index (Phi) is 4.88. The quantitative estimate of drug-likeness (QED) is 0.723. The second-order valence-electron chi connectivity index (χ2n) is 3.67. The van der Waals surface area contributed by atoms with Crippen molar-refractivity contribution in [1.82, 2.24) is 4.98 Å². The smallest absolute Gasteiger partial charge is 0.355 e. The van der Waals surface area contributed by atoms with Gasteiger partial charge in [-0.15, -0.1) is 0 Å². The Morgan fingerprint density at radius 3 is 2.72 bits per heavy atom. The molecule has 3 N–H and O–H groups in total. The van der Waals surface area contributed by atoms with Gasteiger partial charge in [-0.1, -0.05) is 0 Å². The van der Waals surface area contributed by atoms with Gasteiger partial charge in [-0.2, -0.15) is 0 Å². The van der Waals surface area contributed by atoms with Gasteiger partial charge in [0.1, 0.15) is 16.7 Å². The van der Waals surface area contributed by atoms with Gasteiger partial charge in [0.05, 0.1) is 6.61 Å². The van der Waals surface area contributed by atoms with Crippen LogP contribution in [0.25, 0.3) is 0 Å². The molecule has 7 nitrogen and oxygen atoms in total. The Morgan fingerprint density at radius 1 is 1.56 bits per heavy atom. The van der Waals surface area contributed by atoms with Crippen LogP contribution in [-0.2, 0) is 19.5 Å². The fraction of sp³-hybridized carbons (Fsp3) is 0.500. The summed E-state index contributed by atoms with van der Waals surface area (Å²) in [7, 11) is -3.82. The Bertz CT molecular complexity index is 508. The number of nitrogens with two attached hydrogens (primary N) is 1. The Hall–Kier alpha value is -1.38. The molecule has 18 heavy (non-hydrogen) atoms. The zero-order valence-corrected chi connectivity index (χ0v) is 11.0. The van der Waals surface area contributed by atoms with Gasteiger partial charge in [0.25, 0.3) is 0 Å². The highest BCUT2D eigenvalue weighted by molar-refractivity contribution is 7.89. The molecule has 1 rings (SSSR count). The van der Waals surface area contributed by atoms with E-state index < -0.39 is 22.1 Å². The highest BCUT2D eigenvalue weighted by atomic mass is 32.2. The van der Waals surface area contributed by atoms with Gasteiger partial charge in [0, 0.05) is 12.8 Å². The molecule has 0 aliphatic rings. The molecule has 0 spiro atoms. The lowest BCUT2D eigenvalue weighted by Crippen LogP contribution is -2.20. The first-order chi connectivity index (χ1) is 8.34. The van der Waals surface area contributed by atoms with Crippen LogP contribution < -0.4 is 5.14 Å². The van der Waals surface area contributed by atoms with E-state index in [0.717, 1.165) is 12.3 Å². The first-order valence-electron chi connectivity index (χ1n) is 5.34. The summed E-state index contributed by atoms with van der Waals surface area (Å²) in [4.78, 5) is 14.0. The van der Waals surface area contributed by atoms with Gasteiger partial charge < -0.3 is 14.5 Å². The van der Waals surface area contributed by atoms with Gasteiger partial charge >= 0.3 is 5.97 Å². The van der Waals surface area contributed by atoms with Crippen LogP contribution in [-0.4, -0.2) is 38.7 Å². The topological polar surface area (TPSA) is 111 Å². The van der Waals surface area contributed by atoms with Gasteiger partial charge in [0.2, 0.25) is 10.0 Å². The SMILES string of the molecule is CCOCC(C)OC(=O)c1cc(S(N)(=O)=O)c[nH]1. The number of carbonyl (C=O) groups is 1. The molecular weight excluding hydrogens is 260 g/mol. The first-order valence-corrected chi connectivity index (χ1v) is 6.89. The van der Waals surface area contributed by atoms with Crippen LogP contribution in [0.15, 0.2) is 17.2 Å². The fourth-order valence-electron chi connectivity index (χ4n) is 1.22. The van der Waals surface area contributed by atoms with E-state index in [2.05, 4.69) is 4.98 Å². The third kappa shape index (κ3) is 4.13. The summed E-state index contributed by atoms with van der Waals surface area (Å²) in [5, 5.41) is 4.92. The van der Waals surface area contributed by atoms with Crippen LogP contribution in [0, 0.1) is 0 Å². The van der Waals surface area contributed by atoms with Crippen molar-refractivity contribution in [2.75, 3.05) is 13.2 Å². The van der Waals surface area contributed by atoms with Crippen LogP contribution >= 0.6 is 0 Å². The van der Waals surface area contributed by atoms with Crippen LogP contribution in [0.4, 0.5) is 0 Å². The van der Waals surface area contributed by atoms with Crippen molar-refractivity contribution in [3.8, 4) is 0 Å². The normalized spacial score (nSPS) is 13.3. The summed E-state index contributed by atoms with van der Waals surface area (Å²) < 4.78 is 32.2. The van der Waals surface area contributed by atoms with Crippen molar-refractivity contribution in [3.63, 3.8) is 0 Å². The lowest BCUT2D eigenvalue weighted by Gasteiger charge is -2.11. The number of carbonyl (C=O) groups excluding carboxylic acids is 1. The van der Waals surface area contributed by atoms with Crippen LogP contribution in [0.5, 0.6) is 0 Å². The molecule has 1 aromatic heterocycles. The van der Waals surface area contributed by atoms with Gasteiger partial charge in [-0.3, -0.25) is 0 Å². The molecule has 0 saturated carbocycles. The minimum Gasteiger partial charge on any atom is -0.456 e. The minimum atomic E-state index is -3.82. The number of esters is 1. The van der Waals surface area contributed by atoms with Crippen molar-refractivity contribution >= 4 is 16.0 Å². The lowest BCUT2D eigenvalue weighted by atomic mass is 10.4. The molecule has 0 aliphatic heterocycles. The van der Waals surface area contributed by atoms with Crippen molar-refractivity contribution < 1.29 is 22.7 Å². The molecule has 1 unspecified atom stereocenters. The predicted molar refractivity (Wildman–Crippen MR) is 63.5 cm³/mol. The minimum absolute atomic E-state index is 0.0300. The van der Waals surface area contributed by atoms with E-state index in [1.165, 1.54) is 0 Å². The average Bonchev–Trinajstić information content (AvgIpc) is 2.75. The van der Waals surface area contributed by atoms with Crippen LogP contribution in [0.2, 0.25) is 0 Å². The van der Waals surface area contributed by atoms with E-state index in [0.29, 0.717) is 6.61 Å². The van der Waals surface area contributed by atoms with E-state index >= 15 is 0 Å². The predicted octanol–water partition coefficient (Wildman–Crippen LogP) is 0.244. The number of primary sulfonamides is 1. The summed E-state index contributed by atoms with van der Waals surface area (Å²) in [6.45, 7) is 4.32. The highest BCUT2D eigenvalue weighted by Gasteiger charge is 2.17. The standard InChI is InChI=1S/C10H16N2O5S/c1-3-16-6-7(2)17-10(13)9-4-8(5-12-9)18(11,14)15/h4-5,7,12H,3,6H2,1-2H3,(H2,11,14,15). The molecule has 102 valence electrons. The van der Waals surface area contributed by atoms with E-state index in [1.54, 1.807) is 6.92 Å². The van der Waals surface area contributed by atoms with Gasteiger partial charge in [-0.25, -0.2) is 18.4 Å². The Morgan fingerprint density at radius 2 is 2.22 bits per heavy atom. The number of nitrogens with one attached hydrogen (secondary N) is 1. The summed E-state index contributed by atoms with van der Waals surface area (Å²) >= 11 is 0. The van der Waals surface area contributed by atoms with Gasteiger partial charge in [-0.05, 0) is 19.9 Å². The van der Waals surface area contributed by atoms with E-state index in [9.17, 15) is 13.2 Å². The third-order valence-corrected chi connectivity index (χ3v) is 2.96. The molecule has 0 aliphatic carbocycles. The number of hydrogen-bond acceptors (Lipinski definition) is 5.